The van der Waals surface area contributed by atoms with Crippen molar-refractivity contribution in [2.45, 2.75) is 17.9 Å². The number of benzene rings is 1. The lowest BCUT2D eigenvalue weighted by Crippen LogP contribution is -1.93. The summed E-state index contributed by atoms with van der Waals surface area (Å²) in [5.41, 5.74) is 2.77. The molecule has 1 aliphatic rings. The molecule has 0 radical (unpaired) electrons. The molecule has 0 N–H and O–H groups in total. The summed E-state index contributed by atoms with van der Waals surface area (Å²) in [5, 5.41) is 0. The highest BCUT2D eigenvalue weighted by atomic mass is 32.2. The number of thioether (sulfide) groups is 2. The zero-order valence-electron chi connectivity index (χ0n) is 9.16. The molecule has 0 bridgehead atoms. The average molecular weight is 240 g/mol. The van der Waals surface area contributed by atoms with Crippen molar-refractivity contribution >= 4 is 23.5 Å². The van der Waals surface area contributed by atoms with Gasteiger partial charge in [0.2, 0.25) is 0 Å². The first-order valence-electron chi connectivity index (χ1n) is 5.25. The first-order valence-corrected chi connectivity index (χ1v) is 7.35. The Morgan fingerprint density at radius 2 is 2.07 bits per heavy atom. The van der Waals surface area contributed by atoms with Crippen LogP contribution < -0.4 is 4.74 Å². The first kappa shape index (κ1) is 11.2. The van der Waals surface area contributed by atoms with Gasteiger partial charge in [0.05, 0.1) is 11.7 Å². The van der Waals surface area contributed by atoms with Crippen LogP contribution in [0.15, 0.2) is 18.2 Å². The standard InChI is InChI=1S/C12H16OS2/c1-3-9-8-10(4-5-11(9)13-2)12-14-6-7-15-12/h4-5,8,12H,3,6-7H2,1-2H3. The Balaban J connectivity index is 2.25. The molecule has 1 fully saturated rings. The topological polar surface area (TPSA) is 9.23 Å². The van der Waals surface area contributed by atoms with E-state index in [2.05, 4.69) is 48.6 Å². The molecule has 0 atom stereocenters. The number of ether oxygens (including phenoxy) is 1. The Labute approximate surface area is 100.0 Å². The third-order valence-corrected chi connectivity index (χ3v) is 5.68. The quantitative estimate of drug-likeness (QED) is 0.796. The van der Waals surface area contributed by atoms with E-state index in [9.17, 15) is 0 Å². The molecular formula is C12H16OS2. The molecule has 2 rings (SSSR count). The Bertz CT molecular complexity index is 332. The van der Waals surface area contributed by atoms with E-state index in [0.717, 1.165) is 12.2 Å². The van der Waals surface area contributed by atoms with Gasteiger partial charge in [-0.05, 0) is 23.6 Å². The Morgan fingerprint density at radius 1 is 1.33 bits per heavy atom. The molecule has 1 heterocycles. The van der Waals surface area contributed by atoms with E-state index < -0.39 is 0 Å². The molecule has 3 heteroatoms. The van der Waals surface area contributed by atoms with Crippen molar-refractivity contribution in [3.8, 4) is 5.75 Å². The van der Waals surface area contributed by atoms with E-state index in [0.29, 0.717) is 4.58 Å². The van der Waals surface area contributed by atoms with Crippen LogP contribution in [0.3, 0.4) is 0 Å². The van der Waals surface area contributed by atoms with Crippen LogP contribution in [0.25, 0.3) is 0 Å². The number of hydrogen-bond acceptors (Lipinski definition) is 3. The van der Waals surface area contributed by atoms with Gasteiger partial charge in [-0.15, -0.1) is 23.5 Å². The SMILES string of the molecule is CCc1cc(C2SCCS2)ccc1OC. The summed E-state index contributed by atoms with van der Waals surface area (Å²) in [7, 11) is 1.74. The van der Waals surface area contributed by atoms with E-state index in [-0.39, 0.29) is 0 Å². The molecule has 0 amide bonds. The second-order valence-corrected chi connectivity index (χ2v) is 6.22. The van der Waals surface area contributed by atoms with E-state index in [1.807, 2.05) is 0 Å². The van der Waals surface area contributed by atoms with Crippen LogP contribution in [0.2, 0.25) is 0 Å². The molecule has 0 aromatic heterocycles. The Hall–Kier alpha value is -0.280. The summed E-state index contributed by atoms with van der Waals surface area (Å²) in [5.74, 6) is 3.58. The maximum Gasteiger partial charge on any atom is 0.122 e. The van der Waals surface area contributed by atoms with Crippen molar-refractivity contribution in [1.29, 1.82) is 0 Å². The number of rotatable bonds is 3. The number of hydrogen-bond donors (Lipinski definition) is 0. The summed E-state index contributed by atoms with van der Waals surface area (Å²) < 4.78 is 5.98. The normalized spacial score (nSPS) is 16.9. The summed E-state index contributed by atoms with van der Waals surface area (Å²) in [6.45, 7) is 2.18. The zero-order valence-corrected chi connectivity index (χ0v) is 10.8. The fraction of sp³-hybridized carbons (Fsp3) is 0.500. The minimum absolute atomic E-state index is 0.640. The van der Waals surface area contributed by atoms with Crippen LogP contribution in [-0.2, 0) is 6.42 Å². The van der Waals surface area contributed by atoms with Crippen LogP contribution in [0, 0.1) is 0 Å². The van der Waals surface area contributed by atoms with Gasteiger partial charge >= 0.3 is 0 Å². The van der Waals surface area contributed by atoms with Crippen molar-refractivity contribution in [3.05, 3.63) is 29.3 Å². The van der Waals surface area contributed by atoms with Crippen LogP contribution in [0.4, 0.5) is 0 Å². The van der Waals surface area contributed by atoms with Crippen molar-refractivity contribution < 1.29 is 4.74 Å². The fourth-order valence-corrected chi connectivity index (χ4v) is 4.61. The molecule has 0 aliphatic carbocycles. The molecule has 15 heavy (non-hydrogen) atoms. The highest BCUT2D eigenvalue weighted by molar-refractivity contribution is 8.19. The van der Waals surface area contributed by atoms with E-state index in [1.54, 1.807) is 7.11 Å². The van der Waals surface area contributed by atoms with Gasteiger partial charge in [-0.25, -0.2) is 0 Å². The molecular weight excluding hydrogens is 224 g/mol. The van der Waals surface area contributed by atoms with Gasteiger partial charge < -0.3 is 4.74 Å². The van der Waals surface area contributed by atoms with Gasteiger partial charge in [-0.1, -0.05) is 19.1 Å². The second kappa shape index (κ2) is 5.17. The van der Waals surface area contributed by atoms with Crippen molar-refractivity contribution in [2.24, 2.45) is 0 Å². The third-order valence-electron chi connectivity index (χ3n) is 2.58. The van der Waals surface area contributed by atoms with Gasteiger partial charge in [0, 0.05) is 11.5 Å². The number of aryl methyl sites for hydroxylation is 1. The largest absolute Gasteiger partial charge is 0.496 e. The van der Waals surface area contributed by atoms with Crippen LogP contribution in [-0.4, -0.2) is 18.6 Å². The predicted octanol–water partition coefficient (Wildman–Crippen LogP) is 3.74. The maximum absolute atomic E-state index is 5.34. The lowest BCUT2D eigenvalue weighted by Gasteiger charge is -2.12. The molecule has 1 aromatic rings. The van der Waals surface area contributed by atoms with Crippen molar-refractivity contribution in [1.82, 2.24) is 0 Å². The molecule has 1 saturated heterocycles. The highest BCUT2D eigenvalue weighted by Gasteiger charge is 2.18. The lowest BCUT2D eigenvalue weighted by atomic mass is 10.1. The molecule has 0 unspecified atom stereocenters. The van der Waals surface area contributed by atoms with Crippen molar-refractivity contribution in [3.63, 3.8) is 0 Å². The molecule has 82 valence electrons. The zero-order chi connectivity index (χ0) is 10.7. The van der Waals surface area contributed by atoms with Gasteiger partial charge in [0.1, 0.15) is 5.75 Å². The van der Waals surface area contributed by atoms with E-state index in [4.69, 9.17) is 4.74 Å². The minimum Gasteiger partial charge on any atom is -0.496 e. The lowest BCUT2D eigenvalue weighted by molar-refractivity contribution is 0.410. The summed E-state index contributed by atoms with van der Waals surface area (Å²) in [6.07, 6.45) is 1.04. The average Bonchev–Trinajstić information content (AvgIpc) is 2.81. The maximum atomic E-state index is 5.34. The molecule has 1 nitrogen and oxygen atoms in total. The predicted molar refractivity (Wildman–Crippen MR) is 70.0 cm³/mol. The summed E-state index contributed by atoms with van der Waals surface area (Å²) >= 11 is 4.10. The summed E-state index contributed by atoms with van der Waals surface area (Å²) in [4.78, 5) is 0. The minimum atomic E-state index is 0.640. The number of methoxy groups -OCH3 is 1. The first-order chi connectivity index (χ1) is 7.35. The Morgan fingerprint density at radius 3 is 2.67 bits per heavy atom. The van der Waals surface area contributed by atoms with Crippen LogP contribution >= 0.6 is 23.5 Å². The highest BCUT2D eigenvalue weighted by Crippen LogP contribution is 2.45. The molecule has 1 aromatic carbocycles. The van der Waals surface area contributed by atoms with E-state index in [1.165, 1.54) is 22.6 Å². The monoisotopic (exact) mass is 240 g/mol. The van der Waals surface area contributed by atoms with Crippen molar-refractivity contribution in [2.75, 3.05) is 18.6 Å². The van der Waals surface area contributed by atoms with Gasteiger partial charge in [0.15, 0.2) is 0 Å². The van der Waals surface area contributed by atoms with Crippen LogP contribution in [0.1, 0.15) is 22.6 Å². The summed E-state index contributed by atoms with van der Waals surface area (Å²) in [6, 6.07) is 6.61. The smallest absolute Gasteiger partial charge is 0.122 e. The second-order valence-electron chi connectivity index (χ2n) is 3.50. The molecule has 0 spiro atoms. The Kier molecular flexibility index (Phi) is 3.87. The fourth-order valence-electron chi connectivity index (χ4n) is 1.77. The van der Waals surface area contributed by atoms with Gasteiger partial charge in [0.25, 0.3) is 0 Å². The van der Waals surface area contributed by atoms with Crippen LogP contribution in [0.5, 0.6) is 5.75 Å². The third kappa shape index (κ3) is 2.45. The molecule has 1 aliphatic heterocycles. The van der Waals surface area contributed by atoms with Gasteiger partial charge in [-0.2, -0.15) is 0 Å². The van der Waals surface area contributed by atoms with E-state index >= 15 is 0 Å². The van der Waals surface area contributed by atoms with Gasteiger partial charge in [-0.3, -0.25) is 0 Å². The molecule has 0 saturated carbocycles.